The van der Waals surface area contributed by atoms with E-state index < -0.39 is 0 Å². The van der Waals surface area contributed by atoms with Gasteiger partial charge in [-0.15, -0.1) is 11.6 Å². The van der Waals surface area contributed by atoms with Crippen LogP contribution in [0.25, 0.3) is 0 Å². The molecule has 2 rings (SSSR count). The maximum atomic E-state index is 6.02. The van der Waals surface area contributed by atoms with E-state index in [1.807, 2.05) is 12.1 Å². The first-order valence-corrected chi connectivity index (χ1v) is 6.45. The molecule has 1 heterocycles. The van der Waals surface area contributed by atoms with Gasteiger partial charge in [0.25, 0.3) is 0 Å². The fourth-order valence-corrected chi connectivity index (χ4v) is 2.17. The lowest BCUT2D eigenvalue weighted by Gasteiger charge is -2.12. The Balaban J connectivity index is 1.97. The van der Waals surface area contributed by atoms with Crippen LogP contribution in [-0.4, -0.2) is 5.88 Å². The van der Waals surface area contributed by atoms with Crippen molar-refractivity contribution in [1.29, 1.82) is 0 Å². The summed E-state index contributed by atoms with van der Waals surface area (Å²) in [6.45, 7) is 2.10. The van der Waals surface area contributed by atoms with Crippen molar-refractivity contribution >= 4 is 11.6 Å². The highest BCUT2D eigenvalue weighted by molar-refractivity contribution is 6.18. The van der Waals surface area contributed by atoms with Gasteiger partial charge < -0.3 is 4.42 Å². The number of alkyl halides is 1. The molecule has 1 nitrogen and oxygen atoms in total. The lowest BCUT2D eigenvalue weighted by Crippen LogP contribution is -2.09. The summed E-state index contributed by atoms with van der Waals surface area (Å²) >= 11 is 6.02. The molecular formula is C15H17ClO. The minimum Gasteiger partial charge on any atom is -0.469 e. The van der Waals surface area contributed by atoms with Crippen LogP contribution in [0.4, 0.5) is 0 Å². The Hall–Kier alpha value is -1.21. The van der Waals surface area contributed by atoms with E-state index in [1.54, 1.807) is 6.26 Å². The Morgan fingerprint density at radius 3 is 2.47 bits per heavy atom. The molecule has 0 radical (unpaired) electrons. The molecule has 1 aromatic heterocycles. The molecule has 2 heteroatoms. The van der Waals surface area contributed by atoms with Gasteiger partial charge >= 0.3 is 0 Å². The van der Waals surface area contributed by atoms with E-state index in [1.165, 1.54) is 11.1 Å². The predicted octanol–water partition coefficient (Wildman–Crippen LogP) is 4.23. The van der Waals surface area contributed by atoms with Crippen molar-refractivity contribution in [3.63, 3.8) is 0 Å². The predicted molar refractivity (Wildman–Crippen MR) is 71.5 cm³/mol. The maximum Gasteiger partial charge on any atom is 0.104 e. The van der Waals surface area contributed by atoms with Gasteiger partial charge in [-0.25, -0.2) is 0 Å². The third-order valence-electron chi connectivity index (χ3n) is 2.93. The van der Waals surface area contributed by atoms with Gasteiger partial charge in [0.2, 0.25) is 0 Å². The molecule has 0 aliphatic carbocycles. The van der Waals surface area contributed by atoms with E-state index in [2.05, 4.69) is 31.2 Å². The lowest BCUT2D eigenvalue weighted by atomic mass is 9.96. The smallest absolute Gasteiger partial charge is 0.104 e. The van der Waals surface area contributed by atoms with E-state index in [-0.39, 0.29) is 0 Å². The Labute approximate surface area is 107 Å². The molecule has 0 aliphatic heterocycles. The molecule has 0 saturated carbocycles. The van der Waals surface area contributed by atoms with Crippen molar-refractivity contribution in [2.75, 3.05) is 5.88 Å². The molecule has 1 aromatic carbocycles. The standard InChI is InChI=1S/C15H17ClO/c1-12-4-6-13(7-5-12)9-14(11-16)10-15-3-2-8-17-15/h2-8,14H,9-11H2,1H3. The molecule has 0 bridgehead atoms. The van der Waals surface area contributed by atoms with Crippen molar-refractivity contribution < 1.29 is 4.42 Å². The summed E-state index contributed by atoms with van der Waals surface area (Å²) in [7, 11) is 0. The number of rotatable bonds is 5. The summed E-state index contributed by atoms with van der Waals surface area (Å²) in [4.78, 5) is 0. The molecule has 0 N–H and O–H groups in total. The average molecular weight is 249 g/mol. The monoisotopic (exact) mass is 248 g/mol. The first-order chi connectivity index (χ1) is 8.28. The van der Waals surface area contributed by atoms with Crippen LogP contribution < -0.4 is 0 Å². The molecule has 0 fully saturated rings. The number of halogens is 1. The summed E-state index contributed by atoms with van der Waals surface area (Å²) in [5, 5.41) is 0. The van der Waals surface area contributed by atoms with E-state index in [0.717, 1.165) is 18.6 Å². The van der Waals surface area contributed by atoms with Gasteiger partial charge in [0, 0.05) is 12.3 Å². The van der Waals surface area contributed by atoms with Crippen molar-refractivity contribution in [3.8, 4) is 0 Å². The van der Waals surface area contributed by atoms with Gasteiger partial charge in [-0.2, -0.15) is 0 Å². The number of aryl methyl sites for hydroxylation is 1. The largest absolute Gasteiger partial charge is 0.469 e. The first kappa shape index (κ1) is 12.3. The zero-order valence-corrected chi connectivity index (χ0v) is 10.8. The van der Waals surface area contributed by atoms with E-state index in [4.69, 9.17) is 16.0 Å². The van der Waals surface area contributed by atoms with Gasteiger partial charge in [0.05, 0.1) is 6.26 Å². The Kier molecular flexibility index (Phi) is 4.27. The van der Waals surface area contributed by atoms with Gasteiger partial charge in [-0.1, -0.05) is 29.8 Å². The van der Waals surface area contributed by atoms with E-state index >= 15 is 0 Å². The second kappa shape index (κ2) is 5.92. The van der Waals surface area contributed by atoms with Crippen LogP contribution in [0.2, 0.25) is 0 Å². The van der Waals surface area contributed by atoms with Crippen molar-refractivity contribution in [2.24, 2.45) is 5.92 Å². The second-order valence-electron chi connectivity index (χ2n) is 4.49. The molecule has 17 heavy (non-hydrogen) atoms. The molecule has 0 spiro atoms. The Bertz CT molecular complexity index is 430. The summed E-state index contributed by atoms with van der Waals surface area (Å²) in [5.41, 5.74) is 2.63. The van der Waals surface area contributed by atoms with Crippen LogP contribution in [0.1, 0.15) is 16.9 Å². The van der Waals surface area contributed by atoms with Crippen LogP contribution >= 0.6 is 11.6 Å². The van der Waals surface area contributed by atoms with Gasteiger partial charge in [-0.3, -0.25) is 0 Å². The summed E-state index contributed by atoms with van der Waals surface area (Å²) in [6.07, 6.45) is 3.63. The topological polar surface area (TPSA) is 13.1 Å². The number of hydrogen-bond acceptors (Lipinski definition) is 1. The summed E-state index contributed by atoms with van der Waals surface area (Å²) in [6, 6.07) is 12.6. The SMILES string of the molecule is Cc1ccc(CC(CCl)Cc2ccco2)cc1. The highest BCUT2D eigenvalue weighted by atomic mass is 35.5. The molecule has 1 atom stereocenters. The molecular weight excluding hydrogens is 232 g/mol. The van der Waals surface area contributed by atoms with E-state index in [9.17, 15) is 0 Å². The molecule has 2 aromatic rings. The molecule has 0 saturated heterocycles. The van der Waals surface area contributed by atoms with Gasteiger partial charge in [0.15, 0.2) is 0 Å². The van der Waals surface area contributed by atoms with Gasteiger partial charge in [-0.05, 0) is 37.0 Å². The molecule has 1 unspecified atom stereocenters. The third kappa shape index (κ3) is 3.64. The zero-order chi connectivity index (χ0) is 12.1. The third-order valence-corrected chi connectivity index (χ3v) is 3.37. The molecule has 0 amide bonds. The average Bonchev–Trinajstić information content (AvgIpc) is 2.84. The van der Waals surface area contributed by atoms with Crippen LogP contribution in [0, 0.1) is 12.8 Å². The van der Waals surface area contributed by atoms with Crippen LogP contribution in [-0.2, 0) is 12.8 Å². The van der Waals surface area contributed by atoms with Crippen molar-refractivity contribution in [1.82, 2.24) is 0 Å². The maximum absolute atomic E-state index is 6.02. The highest BCUT2D eigenvalue weighted by Crippen LogP contribution is 2.17. The summed E-state index contributed by atoms with van der Waals surface area (Å²) in [5.74, 6) is 2.11. The fraction of sp³-hybridized carbons (Fsp3) is 0.333. The second-order valence-corrected chi connectivity index (χ2v) is 4.80. The Morgan fingerprint density at radius 1 is 1.12 bits per heavy atom. The number of benzene rings is 1. The molecule has 0 aliphatic rings. The molecule has 90 valence electrons. The minimum absolute atomic E-state index is 0.436. The van der Waals surface area contributed by atoms with Crippen molar-refractivity contribution in [2.45, 2.75) is 19.8 Å². The van der Waals surface area contributed by atoms with Gasteiger partial charge in [0.1, 0.15) is 5.76 Å². The fourth-order valence-electron chi connectivity index (χ4n) is 1.95. The normalized spacial score (nSPS) is 12.6. The lowest BCUT2D eigenvalue weighted by molar-refractivity contribution is 0.458. The number of furan rings is 1. The number of hydrogen-bond donors (Lipinski definition) is 0. The van der Waals surface area contributed by atoms with Crippen LogP contribution in [0.3, 0.4) is 0 Å². The van der Waals surface area contributed by atoms with Crippen LogP contribution in [0.15, 0.2) is 47.1 Å². The highest BCUT2D eigenvalue weighted by Gasteiger charge is 2.11. The zero-order valence-electron chi connectivity index (χ0n) is 10.0. The first-order valence-electron chi connectivity index (χ1n) is 5.92. The van der Waals surface area contributed by atoms with Crippen molar-refractivity contribution in [3.05, 3.63) is 59.5 Å². The quantitative estimate of drug-likeness (QED) is 0.722. The Morgan fingerprint density at radius 2 is 1.88 bits per heavy atom. The van der Waals surface area contributed by atoms with Crippen LogP contribution in [0.5, 0.6) is 0 Å². The summed E-state index contributed by atoms with van der Waals surface area (Å²) < 4.78 is 5.36. The van der Waals surface area contributed by atoms with E-state index in [0.29, 0.717) is 11.8 Å². The minimum atomic E-state index is 0.436.